The Labute approximate surface area is 125 Å². The zero-order valence-electron chi connectivity index (χ0n) is 12.6. The molecule has 1 N–H and O–H groups in total. The fourth-order valence-corrected chi connectivity index (χ4v) is 2.65. The van der Waals surface area contributed by atoms with Gasteiger partial charge in [-0.05, 0) is 30.5 Å². The van der Waals surface area contributed by atoms with Crippen LogP contribution in [0.15, 0.2) is 23.8 Å². The van der Waals surface area contributed by atoms with Crippen molar-refractivity contribution in [1.82, 2.24) is 10.3 Å². The van der Waals surface area contributed by atoms with E-state index in [0.29, 0.717) is 12.6 Å². The maximum Gasteiger partial charge on any atom is 0.125 e. The van der Waals surface area contributed by atoms with Gasteiger partial charge in [-0.3, -0.25) is 4.98 Å². The maximum absolute atomic E-state index is 5.94. The number of thiazole rings is 1. The van der Waals surface area contributed by atoms with Crippen LogP contribution < -0.4 is 10.1 Å². The Balaban J connectivity index is 2.06. The first kappa shape index (κ1) is 15.0. The zero-order chi connectivity index (χ0) is 14.5. The van der Waals surface area contributed by atoms with Gasteiger partial charge in [-0.2, -0.15) is 0 Å². The van der Waals surface area contributed by atoms with Gasteiger partial charge in [-0.1, -0.05) is 26.0 Å². The largest absolute Gasteiger partial charge is 0.487 e. The highest BCUT2D eigenvalue weighted by Gasteiger charge is 2.08. The van der Waals surface area contributed by atoms with E-state index in [1.54, 1.807) is 11.3 Å². The van der Waals surface area contributed by atoms with Crippen molar-refractivity contribution >= 4 is 11.3 Å². The predicted molar refractivity (Wildman–Crippen MR) is 84.3 cm³/mol. The van der Waals surface area contributed by atoms with Crippen LogP contribution in [0.2, 0.25) is 0 Å². The van der Waals surface area contributed by atoms with Crippen molar-refractivity contribution < 1.29 is 4.74 Å². The Bertz CT molecular complexity index is 527. The number of ether oxygens (including phenoxy) is 1. The molecular weight excluding hydrogens is 268 g/mol. The maximum atomic E-state index is 5.94. The Morgan fingerprint density at radius 3 is 2.50 bits per heavy atom. The predicted octanol–water partition coefficient (Wildman–Crippen LogP) is 3.84. The van der Waals surface area contributed by atoms with E-state index in [2.05, 4.69) is 50.1 Å². The van der Waals surface area contributed by atoms with Crippen LogP contribution in [0.4, 0.5) is 0 Å². The average Bonchev–Trinajstić information content (AvgIpc) is 2.88. The summed E-state index contributed by atoms with van der Waals surface area (Å²) in [5.74, 6) is 0.992. The van der Waals surface area contributed by atoms with Crippen LogP contribution in [-0.2, 0) is 13.2 Å². The van der Waals surface area contributed by atoms with Crippen molar-refractivity contribution in [3.05, 3.63) is 45.4 Å². The summed E-state index contributed by atoms with van der Waals surface area (Å²) in [6.07, 6.45) is 1.86. The van der Waals surface area contributed by atoms with Crippen LogP contribution in [0, 0.1) is 13.8 Å². The monoisotopic (exact) mass is 290 g/mol. The Morgan fingerprint density at radius 1 is 1.25 bits per heavy atom. The van der Waals surface area contributed by atoms with Crippen LogP contribution >= 0.6 is 11.3 Å². The minimum Gasteiger partial charge on any atom is -0.487 e. The molecule has 0 spiro atoms. The number of rotatable bonds is 6. The van der Waals surface area contributed by atoms with Gasteiger partial charge in [-0.15, -0.1) is 11.3 Å². The second-order valence-electron chi connectivity index (χ2n) is 5.35. The molecule has 0 unspecified atom stereocenters. The third-order valence-electron chi connectivity index (χ3n) is 3.08. The first-order chi connectivity index (χ1) is 9.56. The molecule has 1 aromatic carbocycles. The van der Waals surface area contributed by atoms with Gasteiger partial charge in [0.15, 0.2) is 0 Å². The number of hydrogen-bond acceptors (Lipinski definition) is 4. The van der Waals surface area contributed by atoms with Crippen LogP contribution in [-0.4, -0.2) is 11.0 Å². The summed E-state index contributed by atoms with van der Waals surface area (Å²) in [6, 6.07) is 4.90. The van der Waals surface area contributed by atoms with Gasteiger partial charge < -0.3 is 10.1 Å². The molecule has 0 aliphatic carbocycles. The second-order valence-corrected chi connectivity index (χ2v) is 6.32. The first-order valence-electron chi connectivity index (χ1n) is 6.90. The normalized spacial score (nSPS) is 11.1. The van der Waals surface area contributed by atoms with Gasteiger partial charge in [0.1, 0.15) is 12.4 Å². The number of aromatic nitrogens is 1. The lowest BCUT2D eigenvalue weighted by Gasteiger charge is -2.15. The molecule has 0 aliphatic heterocycles. The molecule has 0 saturated heterocycles. The van der Waals surface area contributed by atoms with Crippen molar-refractivity contribution in [2.45, 2.75) is 46.9 Å². The fourth-order valence-electron chi connectivity index (χ4n) is 2.15. The standard InChI is InChI=1S/C16H22N2OS/c1-11(2)18-7-14-5-12(3)16(13(4)6-14)19-9-15-8-17-10-20-15/h5-6,8,10-11,18H,7,9H2,1-4H3. The lowest BCUT2D eigenvalue weighted by atomic mass is 10.1. The average molecular weight is 290 g/mol. The molecular formula is C16H22N2OS. The van der Waals surface area contributed by atoms with E-state index in [1.165, 1.54) is 16.7 Å². The molecule has 0 atom stereocenters. The highest BCUT2D eigenvalue weighted by molar-refractivity contribution is 7.09. The minimum atomic E-state index is 0.498. The summed E-state index contributed by atoms with van der Waals surface area (Å²) >= 11 is 1.62. The van der Waals surface area contributed by atoms with Crippen molar-refractivity contribution in [3.8, 4) is 5.75 Å². The summed E-state index contributed by atoms with van der Waals surface area (Å²) in [6.45, 7) is 10.0. The van der Waals surface area contributed by atoms with Crippen LogP contribution in [0.3, 0.4) is 0 Å². The van der Waals surface area contributed by atoms with Crippen LogP contribution in [0.5, 0.6) is 5.75 Å². The highest BCUT2D eigenvalue weighted by Crippen LogP contribution is 2.26. The molecule has 0 aliphatic rings. The zero-order valence-corrected chi connectivity index (χ0v) is 13.4. The van der Waals surface area contributed by atoms with Gasteiger partial charge in [0.2, 0.25) is 0 Å². The van der Waals surface area contributed by atoms with Gasteiger partial charge in [0.25, 0.3) is 0 Å². The van der Waals surface area contributed by atoms with E-state index in [1.807, 2.05) is 11.7 Å². The van der Waals surface area contributed by atoms with E-state index in [-0.39, 0.29) is 0 Å². The molecule has 20 heavy (non-hydrogen) atoms. The van der Waals surface area contributed by atoms with Gasteiger partial charge in [-0.25, -0.2) is 0 Å². The summed E-state index contributed by atoms with van der Waals surface area (Å²) in [7, 11) is 0. The molecule has 4 heteroatoms. The summed E-state index contributed by atoms with van der Waals surface area (Å²) in [5, 5.41) is 3.44. The molecule has 3 nitrogen and oxygen atoms in total. The molecule has 0 bridgehead atoms. The van der Waals surface area contributed by atoms with Gasteiger partial charge in [0, 0.05) is 18.8 Å². The molecule has 1 aromatic heterocycles. The van der Waals surface area contributed by atoms with E-state index < -0.39 is 0 Å². The lowest BCUT2D eigenvalue weighted by Crippen LogP contribution is -2.21. The van der Waals surface area contributed by atoms with Gasteiger partial charge >= 0.3 is 0 Å². The van der Waals surface area contributed by atoms with E-state index in [4.69, 9.17) is 4.74 Å². The summed E-state index contributed by atoms with van der Waals surface area (Å²) in [4.78, 5) is 5.21. The van der Waals surface area contributed by atoms with E-state index in [9.17, 15) is 0 Å². The number of aryl methyl sites for hydroxylation is 2. The molecule has 0 amide bonds. The van der Waals surface area contributed by atoms with Crippen molar-refractivity contribution in [2.24, 2.45) is 0 Å². The minimum absolute atomic E-state index is 0.498. The smallest absolute Gasteiger partial charge is 0.125 e. The molecule has 0 fully saturated rings. The lowest BCUT2D eigenvalue weighted by molar-refractivity contribution is 0.305. The van der Waals surface area contributed by atoms with E-state index in [0.717, 1.165) is 17.2 Å². The first-order valence-corrected chi connectivity index (χ1v) is 7.78. The Morgan fingerprint density at radius 2 is 1.95 bits per heavy atom. The van der Waals surface area contributed by atoms with Gasteiger partial charge in [0.05, 0.1) is 10.4 Å². The molecule has 0 radical (unpaired) electrons. The SMILES string of the molecule is Cc1cc(CNC(C)C)cc(C)c1OCc1cncs1. The van der Waals surface area contributed by atoms with Crippen LogP contribution in [0.1, 0.15) is 35.4 Å². The molecule has 2 rings (SSSR count). The van der Waals surface area contributed by atoms with Crippen LogP contribution in [0.25, 0.3) is 0 Å². The second kappa shape index (κ2) is 6.86. The number of benzene rings is 1. The molecule has 108 valence electrons. The quantitative estimate of drug-likeness (QED) is 0.877. The van der Waals surface area contributed by atoms with Crippen molar-refractivity contribution in [2.75, 3.05) is 0 Å². The molecule has 0 saturated carbocycles. The van der Waals surface area contributed by atoms with E-state index >= 15 is 0 Å². The third-order valence-corrected chi connectivity index (χ3v) is 3.83. The fraction of sp³-hybridized carbons (Fsp3) is 0.438. The number of hydrogen-bond donors (Lipinski definition) is 1. The topological polar surface area (TPSA) is 34.1 Å². The van der Waals surface area contributed by atoms with Crippen molar-refractivity contribution in [3.63, 3.8) is 0 Å². The number of nitrogens with zero attached hydrogens (tertiary/aromatic N) is 1. The Kier molecular flexibility index (Phi) is 5.15. The Hall–Kier alpha value is -1.39. The summed E-state index contributed by atoms with van der Waals surface area (Å²) in [5.41, 5.74) is 5.52. The third kappa shape index (κ3) is 4.05. The summed E-state index contributed by atoms with van der Waals surface area (Å²) < 4.78 is 5.94. The molecule has 1 heterocycles. The number of nitrogens with one attached hydrogen (secondary N) is 1. The van der Waals surface area contributed by atoms with Crippen molar-refractivity contribution in [1.29, 1.82) is 0 Å². The molecule has 2 aromatic rings. The highest BCUT2D eigenvalue weighted by atomic mass is 32.1.